The van der Waals surface area contributed by atoms with E-state index in [2.05, 4.69) is 5.32 Å². The molecule has 0 atom stereocenters. The molecule has 88 valence electrons. The molecule has 0 aliphatic carbocycles. The van der Waals surface area contributed by atoms with E-state index in [9.17, 15) is 4.79 Å². The number of amides is 1. The molecule has 0 radical (unpaired) electrons. The molecule has 3 nitrogen and oxygen atoms in total. The van der Waals surface area contributed by atoms with Crippen LogP contribution in [0.5, 0.6) is 5.75 Å². The fourth-order valence-electron chi connectivity index (χ4n) is 1.28. The lowest BCUT2D eigenvalue weighted by Crippen LogP contribution is -2.10. The summed E-state index contributed by atoms with van der Waals surface area (Å²) in [5.41, 5.74) is 0.578. The number of rotatable bonds is 4. The molecule has 5 heteroatoms. The summed E-state index contributed by atoms with van der Waals surface area (Å²) in [7, 11) is 1.49. The number of benzene rings is 1. The molecule has 1 aromatic rings. The van der Waals surface area contributed by atoms with Gasteiger partial charge in [0.05, 0.1) is 17.2 Å². The molecule has 0 saturated carbocycles. The van der Waals surface area contributed by atoms with Gasteiger partial charge in [-0.3, -0.25) is 4.79 Å². The second kappa shape index (κ2) is 5.97. The van der Waals surface area contributed by atoms with E-state index >= 15 is 0 Å². The highest BCUT2D eigenvalue weighted by Gasteiger charge is 2.09. The highest BCUT2D eigenvalue weighted by atomic mass is 35.5. The summed E-state index contributed by atoms with van der Waals surface area (Å²) in [6.45, 7) is 1.94. The van der Waals surface area contributed by atoms with E-state index in [4.69, 9.17) is 27.9 Å². The van der Waals surface area contributed by atoms with Gasteiger partial charge >= 0.3 is 0 Å². The molecule has 1 amide bonds. The number of halogens is 2. The monoisotopic (exact) mass is 261 g/mol. The number of hydrogen-bond acceptors (Lipinski definition) is 2. The molecule has 0 aliphatic rings. The minimum absolute atomic E-state index is 0.0557. The first kappa shape index (κ1) is 13.1. The molecule has 0 heterocycles. The van der Waals surface area contributed by atoms with Crippen molar-refractivity contribution in [3.8, 4) is 5.75 Å². The molecule has 0 aliphatic heterocycles. The predicted molar refractivity (Wildman–Crippen MR) is 66.6 cm³/mol. The molecule has 0 aromatic heterocycles. The van der Waals surface area contributed by atoms with Crippen LogP contribution in [-0.4, -0.2) is 13.0 Å². The highest BCUT2D eigenvalue weighted by Crippen LogP contribution is 2.35. The third-order valence-corrected chi connectivity index (χ3v) is 2.52. The maximum Gasteiger partial charge on any atom is 0.224 e. The Morgan fingerprint density at radius 3 is 2.38 bits per heavy atom. The topological polar surface area (TPSA) is 38.3 Å². The predicted octanol–water partition coefficient (Wildman–Crippen LogP) is 3.74. The number of hydrogen-bond donors (Lipinski definition) is 1. The van der Waals surface area contributed by atoms with Crippen LogP contribution < -0.4 is 10.1 Å². The van der Waals surface area contributed by atoms with Crippen molar-refractivity contribution in [1.29, 1.82) is 0 Å². The fourth-order valence-corrected chi connectivity index (χ4v) is 1.92. The Hall–Kier alpha value is -0.930. The van der Waals surface area contributed by atoms with Crippen LogP contribution in [0.15, 0.2) is 12.1 Å². The summed E-state index contributed by atoms with van der Waals surface area (Å²) in [5, 5.41) is 3.47. The van der Waals surface area contributed by atoms with Gasteiger partial charge in [-0.25, -0.2) is 0 Å². The van der Waals surface area contributed by atoms with Gasteiger partial charge in [-0.2, -0.15) is 0 Å². The number of anilines is 1. The van der Waals surface area contributed by atoms with Crippen LogP contribution in [-0.2, 0) is 4.79 Å². The molecule has 1 N–H and O–H groups in total. The lowest BCUT2D eigenvalue weighted by Gasteiger charge is -2.09. The smallest absolute Gasteiger partial charge is 0.224 e. The lowest BCUT2D eigenvalue weighted by molar-refractivity contribution is -0.116. The van der Waals surface area contributed by atoms with Crippen LogP contribution in [0.3, 0.4) is 0 Å². The van der Waals surface area contributed by atoms with Crippen molar-refractivity contribution in [3.05, 3.63) is 22.2 Å². The van der Waals surface area contributed by atoms with Crippen molar-refractivity contribution in [1.82, 2.24) is 0 Å². The summed E-state index contributed by atoms with van der Waals surface area (Å²) in [5.74, 6) is 0.358. The minimum Gasteiger partial charge on any atom is -0.494 e. The van der Waals surface area contributed by atoms with E-state index in [0.717, 1.165) is 6.42 Å². The number of carbonyl (C=O) groups is 1. The third-order valence-electron chi connectivity index (χ3n) is 1.96. The van der Waals surface area contributed by atoms with Gasteiger partial charge in [0.2, 0.25) is 5.91 Å². The van der Waals surface area contributed by atoms with Crippen molar-refractivity contribution in [2.75, 3.05) is 12.4 Å². The van der Waals surface area contributed by atoms with Crippen LogP contribution in [0.2, 0.25) is 10.0 Å². The lowest BCUT2D eigenvalue weighted by atomic mass is 10.2. The zero-order valence-corrected chi connectivity index (χ0v) is 10.7. The number of methoxy groups -OCH3 is 1. The number of ether oxygens (including phenoxy) is 1. The summed E-state index contributed by atoms with van der Waals surface area (Å²) < 4.78 is 5.01. The molecule has 1 rings (SSSR count). The van der Waals surface area contributed by atoms with E-state index in [1.165, 1.54) is 7.11 Å². The zero-order chi connectivity index (χ0) is 12.1. The van der Waals surface area contributed by atoms with E-state index < -0.39 is 0 Å². The van der Waals surface area contributed by atoms with Gasteiger partial charge in [0.15, 0.2) is 5.75 Å². The minimum atomic E-state index is -0.0557. The standard InChI is InChI=1S/C11H13Cl2NO2/c1-3-4-10(15)14-7-5-8(12)11(16-2)9(13)6-7/h5-6H,3-4H2,1-2H3,(H,14,15). The Morgan fingerprint density at radius 2 is 1.94 bits per heavy atom. The van der Waals surface area contributed by atoms with Crippen molar-refractivity contribution < 1.29 is 9.53 Å². The maximum atomic E-state index is 11.4. The second-order valence-electron chi connectivity index (χ2n) is 3.27. The molecule has 0 spiro atoms. The Morgan fingerprint density at radius 1 is 1.38 bits per heavy atom. The largest absolute Gasteiger partial charge is 0.494 e. The molecule has 0 bridgehead atoms. The van der Waals surface area contributed by atoms with Gasteiger partial charge in [-0.1, -0.05) is 30.1 Å². The van der Waals surface area contributed by atoms with Gasteiger partial charge < -0.3 is 10.1 Å². The first-order chi connectivity index (χ1) is 7.58. The van der Waals surface area contributed by atoms with Crippen LogP contribution in [0.1, 0.15) is 19.8 Å². The van der Waals surface area contributed by atoms with Crippen LogP contribution in [0.4, 0.5) is 5.69 Å². The summed E-state index contributed by atoms with van der Waals surface area (Å²) in [6, 6.07) is 3.22. The van der Waals surface area contributed by atoms with Crippen LogP contribution >= 0.6 is 23.2 Å². The zero-order valence-electron chi connectivity index (χ0n) is 9.14. The van der Waals surface area contributed by atoms with E-state index in [1.807, 2.05) is 6.92 Å². The van der Waals surface area contributed by atoms with Crippen molar-refractivity contribution in [2.45, 2.75) is 19.8 Å². The first-order valence-corrected chi connectivity index (χ1v) is 5.67. The quantitative estimate of drug-likeness (QED) is 0.897. The molecular formula is C11H13Cl2NO2. The molecule has 1 aromatic carbocycles. The normalized spacial score (nSPS) is 10.0. The number of nitrogens with one attached hydrogen (secondary N) is 1. The van der Waals surface area contributed by atoms with E-state index in [0.29, 0.717) is 27.9 Å². The van der Waals surface area contributed by atoms with Gasteiger partial charge in [0.1, 0.15) is 0 Å². The average molecular weight is 262 g/mol. The van der Waals surface area contributed by atoms with Gasteiger partial charge in [-0.05, 0) is 18.6 Å². The first-order valence-electron chi connectivity index (χ1n) is 4.91. The van der Waals surface area contributed by atoms with E-state index in [1.54, 1.807) is 12.1 Å². The Kier molecular flexibility index (Phi) is 4.90. The van der Waals surface area contributed by atoms with Gasteiger partial charge in [0, 0.05) is 12.1 Å². The second-order valence-corrected chi connectivity index (χ2v) is 4.09. The van der Waals surface area contributed by atoms with Crippen molar-refractivity contribution >= 4 is 34.8 Å². The van der Waals surface area contributed by atoms with Crippen molar-refractivity contribution in [3.63, 3.8) is 0 Å². The van der Waals surface area contributed by atoms with E-state index in [-0.39, 0.29) is 5.91 Å². The summed E-state index contributed by atoms with van der Waals surface area (Å²) in [6.07, 6.45) is 1.27. The van der Waals surface area contributed by atoms with Gasteiger partial charge in [-0.15, -0.1) is 0 Å². The van der Waals surface area contributed by atoms with Gasteiger partial charge in [0.25, 0.3) is 0 Å². The van der Waals surface area contributed by atoms with Crippen molar-refractivity contribution in [2.24, 2.45) is 0 Å². The maximum absolute atomic E-state index is 11.4. The third kappa shape index (κ3) is 3.29. The molecular weight excluding hydrogens is 249 g/mol. The average Bonchev–Trinajstić information content (AvgIpc) is 2.17. The Labute approximate surface area is 105 Å². The van der Waals surface area contributed by atoms with Crippen LogP contribution in [0, 0.1) is 0 Å². The number of carbonyl (C=O) groups excluding carboxylic acids is 1. The SMILES string of the molecule is CCCC(=O)Nc1cc(Cl)c(OC)c(Cl)c1. The molecule has 0 unspecified atom stereocenters. The van der Waals surface area contributed by atoms with Crippen LogP contribution in [0.25, 0.3) is 0 Å². The highest BCUT2D eigenvalue weighted by molar-refractivity contribution is 6.37. The molecule has 0 fully saturated rings. The molecule has 16 heavy (non-hydrogen) atoms. The summed E-state index contributed by atoms with van der Waals surface area (Å²) in [4.78, 5) is 11.4. The Bertz CT molecular complexity index is 371. The Balaban J connectivity index is 2.87. The molecule has 0 saturated heterocycles. The summed E-state index contributed by atoms with van der Waals surface area (Å²) >= 11 is 11.9. The fraction of sp³-hybridized carbons (Fsp3) is 0.364.